The van der Waals surface area contributed by atoms with Gasteiger partial charge < -0.3 is 10.1 Å². The summed E-state index contributed by atoms with van der Waals surface area (Å²) < 4.78 is 4.79. The summed E-state index contributed by atoms with van der Waals surface area (Å²) in [6, 6.07) is 8.80. The Morgan fingerprint density at radius 3 is 2.73 bits per heavy atom. The minimum atomic E-state index is -0.611. The van der Waals surface area contributed by atoms with Crippen molar-refractivity contribution in [3.05, 3.63) is 35.9 Å². The number of rotatable bonds is 6. The number of hydrogen-bond acceptors (Lipinski definition) is 5. The Morgan fingerprint density at radius 2 is 2.09 bits per heavy atom. The lowest BCUT2D eigenvalue weighted by Crippen LogP contribution is -2.55. The van der Waals surface area contributed by atoms with Gasteiger partial charge in [-0.05, 0) is 24.9 Å². The third-order valence-electron chi connectivity index (χ3n) is 3.76. The molecule has 0 aliphatic carbocycles. The molecule has 120 valence electrons. The Labute approximate surface area is 130 Å². The Balaban J connectivity index is 1.89. The van der Waals surface area contributed by atoms with Crippen LogP contribution in [-0.2, 0) is 20.7 Å². The third-order valence-corrected chi connectivity index (χ3v) is 3.76. The quantitative estimate of drug-likeness (QED) is 0.528. The third kappa shape index (κ3) is 4.82. The van der Waals surface area contributed by atoms with E-state index in [0.29, 0.717) is 6.42 Å². The van der Waals surface area contributed by atoms with Gasteiger partial charge in [-0.2, -0.15) is 0 Å². The molecular weight excluding hydrogens is 282 g/mol. The van der Waals surface area contributed by atoms with Crippen molar-refractivity contribution in [2.45, 2.75) is 37.8 Å². The minimum absolute atomic E-state index is 0.137. The van der Waals surface area contributed by atoms with Crippen molar-refractivity contribution in [1.29, 1.82) is 0 Å². The van der Waals surface area contributed by atoms with Crippen LogP contribution in [0.1, 0.15) is 24.8 Å². The molecule has 2 rings (SSSR count). The van der Waals surface area contributed by atoms with Crippen molar-refractivity contribution >= 4 is 11.9 Å². The number of hydrazine groups is 1. The van der Waals surface area contributed by atoms with Crippen molar-refractivity contribution in [2.75, 3.05) is 13.7 Å². The summed E-state index contributed by atoms with van der Waals surface area (Å²) in [6.07, 6.45) is 3.40. The zero-order valence-electron chi connectivity index (χ0n) is 12.8. The highest BCUT2D eigenvalue weighted by molar-refractivity contribution is 5.82. The van der Waals surface area contributed by atoms with Crippen LogP contribution < -0.4 is 16.2 Å². The standard InChI is InChI=1S/C16H23N3O3/c1-22-16(21)14(11-12-7-3-2-4-8-12)18-19-15(20)13-9-5-6-10-17-13/h2-4,7-8,13-14,17-18H,5-6,9-11H2,1H3,(H,19,20)/t13?,14-/m0/s1. The van der Waals surface area contributed by atoms with Gasteiger partial charge in [0.25, 0.3) is 5.91 Å². The predicted molar refractivity (Wildman–Crippen MR) is 82.9 cm³/mol. The fourth-order valence-corrected chi connectivity index (χ4v) is 2.51. The summed E-state index contributed by atoms with van der Waals surface area (Å²) >= 11 is 0. The maximum absolute atomic E-state index is 12.1. The van der Waals surface area contributed by atoms with Crippen LogP contribution in [0.2, 0.25) is 0 Å². The number of amides is 1. The highest BCUT2D eigenvalue weighted by Gasteiger charge is 2.24. The van der Waals surface area contributed by atoms with E-state index in [4.69, 9.17) is 4.74 Å². The number of nitrogens with one attached hydrogen (secondary N) is 3. The van der Waals surface area contributed by atoms with E-state index in [0.717, 1.165) is 31.4 Å². The second kappa shape index (κ2) is 8.51. The number of methoxy groups -OCH3 is 1. The molecule has 6 heteroatoms. The van der Waals surface area contributed by atoms with Crippen molar-refractivity contribution in [2.24, 2.45) is 0 Å². The maximum Gasteiger partial charge on any atom is 0.325 e. The Kier molecular flexibility index (Phi) is 6.36. The number of ether oxygens (including phenoxy) is 1. The maximum atomic E-state index is 12.1. The first kappa shape index (κ1) is 16.5. The molecule has 0 saturated carbocycles. The lowest BCUT2D eigenvalue weighted by atomic mass is 10.0. The van der Waals surface area contributed by atoms with Crippen LogP contribution in [0.25, 0.3) is 0 Å². The predicted octanol–water partition coefficient (Wildman–Crippen LogP) is 0.534. The van der Waals surface area contributed by atoms with E-state index in [1.165, 1.54) is 7.11 Å². The molecule has 6 nitrogen and oxygen atoms in total. The number of piperidine rings is 1. The molecule has 0 spiro atoms. The number of carbonyl (C=O) groups excluding carboxylic acids is 2. The molecule has 1 saturated heterocycles. The molecule has 1 aliphatic rings. The molecule has 2 atom stereocenters. The first-order valence-corrected chi connectivity index (χ1v) is 7.61. The normalized spacial score (nSPS) is 19.2. The summed E-state index contributed by atoms with van der Waals surface area (Å²) in [6.45, 7) is 0.850. The Hall–Kier alpha value is -1.92. The SMILES string of the molecule is COC(=O)[C@H](Cc1ccccc1)NNC(=O)C1CCCCN1. The second-order valence-electron chi connectivity index (χ2n) is 5.40. The zero-order valence-corrected chi connectivity index (χ0v) is 12.8. The monoisotopic (exact) mass is 305 g/mol. The average Bonchev–Trinajstić information content (AvgIpc) is 2.59. The summed E-state index contributed by atoms with van der Waals surface area (Å²) in [5.41, 5.74) is 6.43. The average molecular weight is 305 g/mol. The lowest BCUT2D eigenvalue weighted by molar-refractivity contribution is -0.143. The molecule has 1 aromatic carbocycles. The summed E-state index contributed by atoms with van der Waals surface area (Å²) in [7, 11) is 1.34. The van der Waals surface area contributed by atoms with E-state index in [1.54, 1.807) is 0 Å². The number of hydrogen-bond donors (Lipinski definition) is 3. The van der Waals surface area contributed by atoms with Gasteiger partial charge in [0.2, 0.25) is 0 Å². The first-order valence-electron chi connectivity index (χ1n) is 7.61. The molecule has 1 fully saturated rings. The molecule has 1 unspecified atom stereocenters. The molecule has 1 aliphatic heterocycles. The van der Waals surface area contributed by atoms with E-state index >= 15 is 0 Å². The highest BCUT2D eigenvalue weighted by Crippen LogP contribution is 2.07. The minimum Gasteiger partial charge on any atom is -0.468 e. The fourth-order valence-electron chi connectivity index (χ4n) is 2.51. The fraction of sp³-hybridized carbons (Fsp3) is 0.500. The van der Waals surface area contributed by atoms with Crippen molar-refractivity contribution in [3.63, 3.8) is 0 Å². The van der Waals surface area contributed by atoms with Crippen LogP contribution in [0.4, 0.5) is 0 Å². The van der Waals surface area contributed by atoms with Crippen LogP contribution >= 0.6 is 0 Å². The van der Waals surface area contributed by atoms with Gasteiger partial charge in [-0.1, -0.05) is 36.8 Å². The van der Waals surface area contributed by atoms with Crippen molar-refractivity contribution < 1.29 is 14.3 Å². The Morgan fingerprint density at radius 1 is 1.32 bits per heavy atom. The molecule has 1 heterocycles. The Bertz CT molecular complexity index is 487. The smallest absolute Gasteiger partial charge is 0.325 e. The van der Waals surface area contributed by atoms with Gasteiger partial charge in [-0.15, -0.1) is 0 Å². The second-order valence-corrected chi connectivity index (χ2v) is 5.40. The van der Waals surface area contributed by atoms with Crippen molar-refractivity contribution in [1.82, 2.24) is 16.2 Å². The summed E-state index contributed by atoms with van der Waals surface area (Å²) in [5, 5.41) is 3.17. The topological polar surface area (TPSA) is 79.5 Å². The summed E-state index contributed by atoms with van der Waals surface area (Å²) in [5.74, 6) is -0.539. The van der Waals surface area contributed by atoms with E-state index in [1.807, 2.05) is 30.3 Å². The molecule has 0 bridgehead atoms. The molecule has 0 aromatic heterocycles. The van der Waals surface area contributed by atoms with E-state index in [9.17, 15) is 9.59 Å². The first-order chi connectivity index (χ1) is 10.7. The van der Waals surface area contributed by atoms with Gasteiger partial charge in [-0.3, -0.25) is 15.0 Å². The van der Waals surface area contributed by atoms with Crippen LogP contribution in [0.3, 0.4) is 0 Å². The summed E-state index contributed by atoms with van der Waals surface area (Å²) in [4.78, 5) is 23.9. The van der Waals surface area contributed by atoms with Gasteiger partial charge in [0.05, 0.1) is 13.2 Å². The van der Waals surface area contributed by atoms with Gasteiger partial charge in [0, 0.05) is 6.42 Å². The van der Waals surface area contributed by atoms with Crippen LogP contribution in [-0.4, -0.2) is 37.6 Å². The zero-order chi connectivity index (χ0) is 15.8. The lowest BCUT2D eigenvalue weighted by Gasteiger charge is -2.24. The van der Waals surface area contributed by atoms with Crippen LogP contribution in [0.15, 0.2) is 30.3 Å². The van der Waals surface area contributed by atoms with Gasteiger partial charge in [-0.25, -0.2) is 5.43 Å². The van der Waals surface area contributed by atoms with E-state index in [-0.39, 0.29) is 11.9 Å². The van der Waals surface area contributed by atoms with E-state index in [2.05, 4.69) is 16.2 Å². The molecule has 22 heavy (non-hydrogen) atoms. The largest absolute Gasteiger partial charge is 0.468 e. The molecule has 3 N–H and O–H groups in total. The highest BCUT2D eigenvalue weighted by atomic mass is 16.5. The van der Waals surface area contributed by atoms with Crippen LogP contribution in [0.5, 0.6) is 0 Å². The molecular formula is C16H23N3O3. The molecule has 0 radical (unpaired) electrons. The van der Waals surface area contributed by atoms with Crippen LogP contribution in [0, 0.1) is 0 Å². The number of benzene rings is 1. The van der Waals surface area contributed by atoms with Crippen molar-refractivity contribution in [3.8, 4) is 0 Å². The van der Waals surface area contributed by atoms with Gasteiger partial charge in [0.15, 0.2) is 0 Å². The van der Waals surface area contributed by atoms with Gasteiger partial charge >= 0.3 is 5.97 Å². The number of carbonyl (C=O) groups is 2. The van der Waals surface area contributed by atoms with E-state index < -0.39 is 12.0 Å². The molecule has 1 aromatic rings. The number of esters is 1. The van der Waals surface area contributed by atoms with Gasteiger partial charge in [0.1, 0.15) is 6.04 Å². The molecule has 1 amide bonds.